The highest BCUT2D eigenvalue weighted by Crippen LogP contribution is 2.44. The lowest BCUT2D eigenvalue weighted by Crippen LogP contribution is -2.30. The zero-order valence-electron chi connectivity index (χ0n) is 18.9. The molecule has 34 heavy (non-hydrogen) atoms. The van der Waals surface area contributed by atoms with Crippen LogP contribution in [0.4, 0.5) is 5.69 Å². The van der Waals surface area contributed by atoms with E-state index in [9.17, 15) is 14.7 Å². The van der Waals surface area contributed by atoms with Gasteiger partial charge in [-0.25, -0.2) is 0 Å². The fourth-order valence-electron chi connectivity index (χ4n) is 4.56. The minimum absolute atomic E-state index is 0.0576. The zero-order chi connectivity index (χ0) is 23.8. The molecule has 170 valence electrons. The number of benzene rings is 3. The molecule has 1 aromatic heterocycles. The van der Waals surface area contributed by atoms with Crippen molar-refractivity contribution in [3.05, 3.63) is 101 Å². The first-order valence-corrected chi connectivity index (χ1v) is 11.2. The van der Waals surface area contributed by atoms with Crippen LogP contribution in [0.1, 0.15) is 29.7 Å². The lowest BCUT2D eigenvalue weighted by Gasteiger charge is -2.27. The van der Waals surface area contributed by atoms with Crippen molar-refractivity contribution in [3.63, 3.8) is 0 Å². The molecule has 1 fully saturated rings. The minimum Gasteiger partial charge on any atom is -0.507 e. The summed E-state index contributed by atoms with van der Waals surface area (Å²) in [5.41, 5.74) is 3.55. The monoisotopic (exact) mass is 452 g/mol. The van der Waals surface area contributed by atoms with Crippen LogP contribution in [0.5, 0.6) is 5.75 Å². The number of aliphatic hydroxyl groups excluding tert-OH is 1. The first-order valence-electron chi connectivity index (χ1n) is 11.2. The lowest BCUT2D eigenvalue weighted by atomic mass is 9.94. The summed E-state index contributed by atoms with van der Waals surface area (Å²) >= 11 is 0. The van der Waals surface area contributed by atoms with Gasteiger partial charge in [-0.15, -0.1) is 0 Å². The molecule has 2 heterocycles. The molecule has 1 aliphatic rings. The van der Waals surface area contributed by atoms with E-state index in [0.29, 0.717) is 29.2 Å². The van der Waals surface area contributed by atoms with Crippen LogP contribution < -0.4 is 9.64 Å². The second-order valence-corrected chi connectivity index (χ2v) is 8.21. The fourth-order valence-corrected chi connectivity index (χ4v) is 4.56. The number of aryl methyl sites for hydroxylation is 1. The van der Waals surface area contributed by atoms with E-state index < -0.39 is 17.7 Å². The molecule has 4 aromatic rings. The molecule has 0 saturated carbocycles. The van der Waals surface area contributed by atoms with E-state index in [2.05, 4.69) is 4.98 Å². The van der Waals surface area contributed by atoms with Crippen molar-refractivity contribution in [3.8, 4) is 5.75 Å². The Morgan fingerprint density at radius 1 is 1.00 bits per heavy atom. The van der Waals surface area contributed by atoms with Gasteiger partial charge in [0, 0.05) is 28.4 Å². The number of H-pyrrole nitrogens is 1. The van der Waals surface area contributed by atoms with Gasteiger partial charge in [-0.2, -0.15) is 0 Å². The third kappa shape index (κ3) is 3.44. The number of aliphatic hydroxyl groups is 1. The Labute approximate surface area is 197 Å². The van der Waals surface area contributed by atoms with Crippen LogP contribution in [0.3, 0.4) is 0 Å². The summed E-state index contributed by atoms with van der Waals surface area (Å²) < 4.78 is 5.56. The number of hydrogen-bond donors (Lipinski definition) is 2. The highest BCUT2D eigenvalue weighted by molar-refractivity contribution is 6.52. The van der Waals surface area contributed by atoms with Crippen molar-refractivity contribution in [1.29, 1.82) is 0 Å². The van der Waals surface area contributed by atoms with E-state index in [1.54, 1.807) is 6.20 Å². The van der Waals surface area contributed by atoms with Crippen LogP contribution in [0.2, 0.25) is 0 Å². The molecule has 1 unspecified atom stereocenters. The number of nitrogens with zero attached hydrogens (tertiary/aromatic N) is 1. The standard InChI is InChI=1S/C28H24N2O4/c1-3-34-19-14-12-18(13-15-19)25-24(26(31)21-16-29-22-10-6-5-9-20(21)22)27(32)28(33)30(25)23-11-7-4-8-17(23)2/h4-16,25,29,31H,3H2,1-2H3/b26-24-. The molecule has 1 saturated heterocycles. The Balaban J connectivity index is 1.74. The molecule has 0 aliphatic carbocycles. The quantitative estimate of drug-likeness (QED) is 0.238. The van der Waals surface area contributed by atoms with Gasteiger partial charge in [0.05, 0.1) is 18.2 Å². The Morgan fingerprint density at radius 2 is 1.71 bits per heavy atom. The van der Waals surface area contributed by atoms with Gasteiger partial charge in [-0.3, -0.25) is 14.5 Å². The van der Waals surface area contributed by atoms with Gasteiger partial charge >= 0.3 is 0 Å². The third-order valence-electron chi connectivity index (χ3n) is 6.17. The Hall–Kier alpha value is -4.32. The van der Waals surface area contributed by atoms with Crippen LogP contribution in [-0.4, -0.2) is 28.4 Å². The summed E-state index contributed by atoms with van der Waals surface area (Å²) in [5, 5.41) is 12.2. The molecule has 1 atom stereocenters. The number of para-hydroxylation sites is 2. The first kappa shape index (κ1) is 21.5. The predicted octanol–water partition coefficient (Wildman–Crippen LogP) is 5.50. The average molecular weight is 453 g/mol. The number of ether oxygens (including phenoxy) is 1. The van der Waals surface area contributed by atoms with Crippen molar-refractivity contribution < 1.29 is 19.4 Å². The maximum atomic E-state index is 13.4. The number of fused-ring (bicyclic) bond motifs is 1. The number of carbonyl (C=O) groups is 2. The van der Waals surface area contributed by atoms with Crippen LogP contribution in [0, 0.1) is 6.92 Å². The SMILES string of the molecule is CCOc1ccc(C2/C(=C(/O)c3c[nH]c4ccccc34)C(=O)C(=O)N2c2ccccc2C)cc1. The second-order valence-electron chi connectivity index (χ2n) is 8.21. The second kappa shape index (κ2) is 8.56. The van der Waals surface area contributed by atoms with E-state index in [1.165, 1.54) is 4.90 Å². The number of nitrogens with one attached hydrogen (secondary N) is 1. The molecular weight excluding hydrogens is 428 g/mol. The number of carbonyl (C=O) groups excluding carboxylic acids is 2. The van der Waals surface area contributed by atoms with Crippen LogP contribution in [-0.2, 0) is 9.59 Å². The Bertz CT molecular complexity index is 1430. The van der Waals surface area contributed by atoms with E-state index in [1.807, 2.05) is 86.6 Å². The number of aromatic amines is 1. The van der Waals surface area contributed by atoms with Crippen molar-refractivity contribution >= 4 is 34.0 Å². The van der Waals surface area contributed by atoms with Gasteiger partial charge in [0.1, 0.15) is 11.5 Å². The number of hydrogen-bond acceptors (Lipinski definition) is 4. The number of Topliss-reactive ketones (excluding diaryl/α,β-unsaturated/α-hetero) is 1. The van der Waals surface area contributed by atoms with Crippen LogP contribution in [0.15, 0.2) is 84.6 Å². The normalized spacial score (nSPS) is 17.5. The van der Waals surface area contributed by atoms with Gasteiger partial charge in [0.25, 0.3) is 11.7 Å². The van der Waals surface area contributed by atoms with E-state index >= 15 is 0 Å². The van der Waals surface area contributed by atoms with E-state index in [4.69, 9.17) is 4.74 Å². The number of ketones is 1. The zero-order valence-corrected chi connectivity index (χ0v) is 18.9. The topological polar surface area (TPSA) is 82.6 Å². The van der Waals surface area contributed by atoms with Crippen molar-refractivity contribution in [2.75, 3.05) is 11.5 Å². The Morgan fingerprint density at radius 3 is 2.44 bits per heavy atom. The highest BCUT2D eigenvalue weighted by Gasteiger charge is 2.47. The highest BCUT2D eigenvalue weighted by atomic mass is 16.5. The van der Waals surface area contributed by atoms with Crippen molar-refractivity contribution in [2.45, 2.75) is 19.9 Å². The van der Waals surface area contributed by atoms with E-state index in [-0.39, 0.29) is 11.3 Å². The molecule has 6 nitrogen and oxygen atoms in total. The maximum absolute atomic E-state index is 13.4. The number of aromatic nitrogens is 1. The van der Waals surface area contributed by atoms with Crippen LogP contribution >= 0.6 is 0 Å². The van der Waals surface area contributed by atoms with Gasteiger partial charge < -0.3 is 14.8 Å². The molecule has 3 aromatic carbocycles. The molecule has 0 radical (unpaired) electrons. The smallest absolute Gasteiger partial charge is 0.300 e. The van der Waals surface area contributed by atoms with Gasteiger partial charge in [0.2, 0.25) is 0 Å². The summed E-state index contributed by atoms with van der Waals surface area (Å²) in [5.74, 6) is -0.902. The molecule has 1 amide bonds. The Kier molecular flexibility index (Phi) is 5.42. The van der Waals surface area contributed by atoms with E-state index in [0.717, 1.165) is 16.5 Å². The molecule has 6 heteroatoms. The summed E-state index contributed by atoms with van der Waals surface area (Å²) in [4.78, 5) is 31.3. The molecule has 0 bridgehead atoms. The molecule has 2 N–H and O–H groups in total. The van der Waals surface area contributed by atoms with Crippen molar-refractivity contribution in [2.24, 2.45) is 0 Å². The fraction of sp³-hybridized carbons (Fsp3) is 0.143. The predicted molar refractivity (Wildman–Crippen MR) is 132 cm³/mol. The number of rotatable bonds is 5. The summed E-state index contributed by atoms with van der Waals surface area (Å²) in [6, 6.07) is 21.4. The number of amides is 1. The van der Waals surface area contributed by atoms with Crippen molar-refractivity contribution in [1.82, 2.24) is 4.98 Å². The summed E-state index contributed by atoms with van der Waals surface area (Å²) in [6.45, 7) is 4.33. The van der Waals surface area contributed by atoms with Gasteiger partial charge in [0.15, 0.2) is 0 Å². The molecular formula is C28H24N2O4. The largest absolute Gasteiger partial charge is 0.507 e. The van der Waals surface area contributed by atoms with Gasteiger partial charge in [-0.05, 0) is 49.2 Å². The van der Waals surface area contributed by atoms with Crippen LogP contribution in [0.25, 0.3) is 16.7 Å². The van der Waals surface area contributed by atoms with Gasteiger partial charge in [-0.1, -0.05) is 48.5 Å². The minimum atomic E-state index is -0.787. The lowest BCUT2D eigenvalue weighted by molar-refractivity contribution is -0.132. The molecule has 1 aliphatic heterocycles. The summed E-state index contributed by atoms with van der Waals surface area (Å²) in [6.07, 6.45) is 1.66. The maximum Gasteiger partial charge on any atom is 0.300 e. The molecule has 0 spiro atoms. The molecule has 5 rings (SSSR count). The average Bonchev–Trinajstić information content (AvgIpc) is 3.39. The number of anilines is 1. The third-order valence-corrected chi connectivity index (χ3v) is 6.17. The summed E-state index contributed by atoms with van der Waals surface area (Å²) in [7, 11) is 0. The first-order chi connectivity index (χ1) is 16.5.